The van der Waals surface area contributed by atoms with Gasteiger partial charge in [-0.25, -0.2) is 4.68 Å². The van der Waals surface area contributed by atoms with Crippen LogP contribution in [0.2, 0.25) is 0 Å². The fraction of sp³-hybridized carbons (Fsp3) is 0.273. The largest absolute Gasteiger partial charge is 0.384 e. The molecule has 0 fully saturated rings. The third-order valence-electron chi connectivity index (χ3n) is 2.42. The second-order valence-corrected chi connectivity index (χ2v) is 3.62. The number of aryl methyl sites for hydroxylation is 1. The van der Waals surface area contributed by atoms with E-state index >= 15 is 0 Å². The van der Waals surface area contributed by atoms with Gasteiger partial charge in [-0.2, -0.15) is 5.10 Å². The zero-order chi connectivity index (χ0) is 10.8. The third kappa shape index (κ3) is 1.83. The van der Waals surface area contributed by atoms with E-state index in [1.165, 1.54) is 0 Å². The van der Waals surface area contributed by atoms with Crippen molar-refractivity contribution in [1.82, 2.24) is 14.8 Å². The van der Waals surface area contributed by atoms with Crippen molar-refractivity contribution in [2.24, 2.45) is 0 Å². The molecule has 2 N–H and O–H groups in total. The van der Waals surface area contributed by atoms with Gasteiger partial charge in [-0.15, -0.1) is 0 Å². The van der Waals surface area contributed by atoms with E-state index in [0.717, 1.165) is 11.3 Å². The minimum absolute atomic E-state index is 0.118. The highest BCUT2D eigenvalue weighted by Crippen LogP contribution is 2.19. The summed E-state index contributed by atoms with van der Waals surface area (Å²) in [5.41, 5.74) is 7.90. The quantitative estimate of drug-likeness (QED) is 0.807. The zero-order valence-corrected chi connectivity index (χ0v) is 8.88. The molecule has 4 nitrogen and oxygen atoms in total. The van der Waals surface area contributed by atoms with Crippen LogP contribution in [0, 0.1) is 6.92 Å². The maximum absolute atomic E-state index is 5.86. The third-order valence-corrected chi connectivity index (χ3v) is 2.42. The number of aromatic nitrogens is 3. The van der Waals surface area contributed by atoms with E-state index in [1.54, 1.807) is 6.20 Å². The minimum atomic E-state index is 0.118. The second kappa shape index (κ2) is 3.73. The summed E-state index contributed by atoms with van der Waals surface area (Å²) in [6, 6.07) is 5.92. The van der Waals surface area contributed by atoms with Gasteiger partial charge in [-0.3, -0.25) is 4.98 Å². The van der Waals surface area contributed by atoms with Crippen LogP contribution < -0.4 is 5.73 Å². The number of pyridine rings is 1. The van der Waals surface area contributed by atoms with E-state index < -0.39 is 0 Å². The van der Waals surface area contributed by atoms with Gasteiger partial charge in [0.1, 0.15) is 5.82 Å². The number of hydrogen-bond donors (Lipinski definition) is 1. The normalized spacial score (nSPS) is 12.7. The monoisotopic (exact) mass is 202 g/mol. The molecule has 0 amide bonds. The molecule has 0 aliphatic rings. The standard InChI is InChI=1S/C11H14N4/c1-8-6-11(12)15(14-8)9(2)10-4-3-5-13-7-10/h3-7,9H,12H2,1-2H3. The molecule has 1 unspecified atom stereocenters. The van der Waals surface area contributed by atoms with E-state index in [2.05, 4.69) is 17.0 Å². The lowest BCUT2D eigenvalue weighted by Crippen LogP contribution is -2.11. The van der Waals surface area contributed by atoms with Gasteiger partial charge in [0, 0.05) is 18.5 Å². The molecule has 0 aromatic carbocycles. The number of nitrogens with zero attached hydrogens (tertiary/aromatic N) is 3. The lowest BCUT2D eigenvalue weighted by molar-refractivity contribution is 0.567. The Hall–Kier alpha value is -1.84. The van der Waals surface area contributed by atoms with Gasteiger partial charge in [0.25, 0.3) is 0 Å². The maximum atomic E-state index is 5.86. The molecule has 78 valence electrons. The summed E-state index contributed by atoms with van der Waals surface area (Å²) in [6.45, 7) is 3.99. The molecule has 1 atom stereocenters. The molecule has 0 aliphatic carbocycles. The molecule has 0 aliphatic heterocycles. The van der Waals surface area contributed by atoms with Crippen molar-refractivity contribution in [3.8, 4) is 0 Å². The summed E-state index contributed by atoms with van der Waals surface area (Å²) in [5.74, 6) is 0.684. The Balaban J connectivity index is 2.36. The summed E-state index contributed by atoms with van der Waals surface area (Å²) in [6.07, 6.45) is 3.59. The van der Waals surface area contributed by atoms with Crippen molar-refractivity contribution < 1.29 is 0 Å². The molecule has 2 aromatic heterocycles. The Bertz CT molecular complexity index is 447. The molecular weight excluding hydrogens is 188 g/mol. The van der Waals surface area contributed by atoms with Gasteiger partial charge in [0.05, 0.1) is 11.7 Å². The van der Waals surface area contributed by atoms with Gasteiger partial charge in [-0.05, 0) is 25.5 Å². The number of rotatable bonds is 2. The summed E-state index contributed by atoms with van der Waals surface area (Å²) in [5, 5.41) is 4.35. The van der Waals surface area contributed by atoms with Crippen molar-refractivity contribution in [2.75, 3.05) is 5.73 Å². The van der Waals surface area contributed by atoms with Gasteiger partial charge in [0.15, 0.2) is 0 Å². The fourth-order valence-corrected chi connectivity index (χ4v) is 1.61. The minimum Gasteiger partial charge on any atom is -0.384 e. The van der Waals surface area contributed by atoms with Crippen LogP contribution in [-0.4, -0.2) is 14.8 Å². The van der Waals surface area contributed by atoms with E-state index in [1.807, 2.05) is 36.0 Å². The number of nitrogen functional groups attached to an aromatic ring is 1. The molecule has 0 bridgehead atoms. The van der Waals surface area contributed by atoms with E-state index in [0.29, 0.717) is 5.82 Å². The fourth-order valence-electron chi connectivity index (χ4n) is 1.61. The van der Waals surface area contributed by atoms with Crippen molar-refractivity contribution >= 4 is 5.82 Å². The van der Waals surface area contributed by atoms with Crippen LogP contribution in [0.5, 0.6) is 0 Å². The first-order valence-electron chi connectivity index (χ1n) is 4.90. The molecule has 0 radical (unpaired) electrons. The number of anilines is 1. The Labute approximate surface area is 88.8 Å². The first kappa shape index (κ1) is 9.71. The van der Waals surface area contributed by atoms with Crippen LogP contribution in [0.4, 0.5) is 5.82 Å². The predicted octanol–water partition coefficient (Wildman–Crippen LogP) is 1.78. The summed E-state index contributed by atoms with van der Waals surface area (Å²) in [7, 11) is 0. The van der Waals surface area contributed by atoms with Crippen LogP contribution in [0.1, 0.15) is 24.2 Å². The highest BCUT2D eigenvalue weighted by molar-refractivity contribution is 5.32. The second-order valence-electron chi connectivity index (χ2n) is 3.62. The van der Waals surface area contributed by atoms with Gasteiger partial charge < -0.3 is 5.73 Å². The molecule has 2 aromatic rings. The Kier molecular flexibility index (Phi) is 2.41. The van der Waals surface area contributed by atoms with E-state index in [4.69, 9.17) is 5.73 Å². The van der Waals surface area contributed by atoms with Gasteiger partial charge in [0.2, 0.25) is 0 Å². The van der Waals surface area contributed by atoms with E-state index in [9.17, 15) is 0 Å². The molecule has 0 spiro atoms. The average molecular weight is 202 g/mol. The van der Waals surface area contributed by atoms with Crippen LogP contribution in [0.15, 0.2) is 30.6 Å². The average Bonchev–Trinajstić information content (AvgIpc) is 2.58. The first-order chi connectivity index (χ1) is 7.18. The molecule has 2 heterocycles. The molecule has 0 saturated carbocycles. The summed E-state index contributed by atoms with van der Waals surface area (Å²) >= 11 is 0. The highest BCUT2D eigenvalue weighted by Gasteiger charge is 2.11. The van der Waals surface area contributed by atoms with Crippen molar-refractivity contribution in [2.45, 2.75) is 19.9 Å². The molecule has 2 rings (SSSR count). The Morgan fingerprint density at radius 1 is 1.47 bits per heavy atom. The first-order valence-corrected chi connectivity index (χ1v) is 4.90. The predicted molar refractivity (Wildman–Crippen MR) is 59.4 cm³/mol. The van der Waals surface area contributed by atoms with Crippen molar-refractivity contribution in [1.29, 1.82) is 0 Å². The van der Waals surface area contributed by atoms with Crippen LogP contribution >= 0.6 is 0 Å². The summed E-state index contributed by atoms with van der Waals surface area (Å²) < 4.78 is 1.81. The zero-order valence-electron chi connectivity index (χ0n) is 8.88. The molecular formula is C11H14N4. The Morgan fingerprint density at radius 2 is 2.27 bits per heavy atom. The molecule has 0 saturated heterocycles. The number of hydrogen-bond acceptors (Lipinski definition) is 3. The summed E-state index contributed by atoms with van der Waals surface area (Å²) in [4.78, 5) is 4.09. The van der Waals surface area contributed by atoms with Crippen LogP contribution in [-0.2, 0) is 0 Å². The molecule has 4 heteroatoms. The van der Waals surface area contributed by atoms with Crippen LogP contribution in [0.25, 0.3) is 0 Å². The topological polar surface area (TPSA) is 56.7 Å². The molecule has 15 heavy (non-hydrogen) atoms. The lowest BCUT2D eigenvalue weighted by atomic mass is 10.1. The van der Waals surface area contributed by atoms with Gasteiger partial charge in [-0.1, -0.05) is 6.07 Å². The number of nitrogens with two attached hydrogens (primary N) is 1. The van der Waals surface area contributed by atoms with Gasteiger partial charge >= 0.3 is 0 Å². The maximum Gasteiger partial charge on any atom is 0.122 e. The van der Waals surface area contributed by atoms with Crippen molar-refractivity contribution in [3.05, 3.63) is 41.9 Å². The SMILES string of the molecule is Cc1cc(N)n(C(C)c2cccnc2)n1. The Morgan fingerprint density at radius 3 is 2.80 bits per heavy atom. The smallest absolute Gasteiger partial charge is 0.122 e. The van der Waals surface area contributed by atoms with Crippen molar-refractivity contribution in [3.63, 3.8) is 0 Å². The highest BCUT2D eigenvalue weighted by atomic mass is 15.3. The van der Waals surface area contributed by atoms with E-state index in [-0.39, 0.29) is 6.04 Å². The van der Waals surface area contributed by atoms with Crippen LogP contribution in [0.3, 0.4) is 0 Å². The lowest BCUT2D eigenvalue weighted by Gasteiger charge is -2.13.